The second-order valence-corrected chi connectivity index (χ2v) is 24.1. The van der Waals surface area contributed by atoms with Crippen LogP contribution in [0.4, 0.5) is 0 Å². The van der Waals surface area contributed by atoms with E-state index in [2.05, 4.69) is 11.8 Å². The summed E-state index contributed by atoms with van der Waals surface area (Å²) < 4.78 is 11.4. The van der Waals surface area contributed by atoms with Crippen LogP contribution in [0.1, 0.15) is 90.9 Å². The van der Waals surface area contributed by atoms with E-state index in [1.807, 2.05) is 25.6 Å². The van der Waals surface area contributed by atoms with Gasteiger partial charge in [-0.1, -0.05) is 13.8 Å². The lowest BCUT2D eigenvalue weighted by molar-refractivity contribution is -0.152. The lowest BCUT2D eigenvalue weighted by atomic mass is 9.64. The fraction of sp³-hybridized carbons (Fsp3) is 0.951. The van der Waals surface area contributed by atoms with Crippen molar-refractivity contribution in [2.45, 2.75) is 112 Å². The maximum atomic E-state index is 12.7. The number of fused-ring (bicyclic) bond motifs is 24. The molecule has 0 aromatic heterocycles. The van der Waals surface area contributed by atoms with E-state index < -0.39 is 0 Å². The van der Waals surface area contributed by atoms with Crippen LogP contribution in [-0.2, 0) is 19.1 Å². The van der Waals surface area contributed by atoms with Crippen molar-refractivity contribution in [2.75, 3.05) is 24.7 Å². The van der Waals surface area contributed by atoms with Crippen molar-refractivity contribution in [3.63, 3.8) is 0 Å². The predicted molar refractivity (Wildman–Crippen MR) is 205 cm³/mol. The zero-order valence-corrected chi connectivity index (χ0v) is 33.1. The van der Waals surface area contributed by atoms with Crippen molar-refractivity contribution in [3.8, 4) is 0 Å². The quantitative estimate of drug-likeness (QED) is 0.119. The van der Waals surface area contributed by atoms with Crippen molar-refractivity contribution < 1.29 is 19.1 Å². The Hall–Kier alpha value is 0.340. The molecule has 4 nitrogen and oxygen atoms in total. The van der Waals surface area contributed by atoms with Crippen LogP contribution in [0.5, 0.6) is 0 Å². The summed E-state index contributed by atoms with van der Waals surface area (Å²) in [6.07, 6.45) is 15.2. The molecule has 8 bridgehead atoms. The average Bonchev–Trinajstić information content (AvgIpc) is 3.89. The number of rotatable bonds is 12. The van der Waals surface area contributed by atoms with Crippen LogP contribution < -0.4 is 0 Å². The molecule has 0 spiro atoms. The Bertz CT molecular complexity index is 1320. The van der Waals surface area contributed by atoms with Crippen molar-refractivity contribution in [2.24, 2.45) is 100 Å². The van der Waals surface area contributed by atoms with E-state index in [1.54, 1.807) is 0 Å². The number of ether oxygens (including phenoxy) is 2. The van der Waals surface area contributed by atoms with Crippen LogP contribution in [0, 0.1) is 100 Å². The van der Waals surface area contributed by atoms with Gasteiger partial charge in [-0.15, -0.1) is 0 Å². The zero-order chi connectivity index (χ0) is 33.3. The molecule has 8 heteroatoms. The van der Waals surface area contributed by atoms with Gasteiger partial charge >= 0.3 is 11.9 Å². The summed E-state index contributed by atoms with van der Waals surface area (Å²) in [5, 5.41) is 2.81. The van der Waals surface area contributed by atoms with Crippen LogP contribution in [-0.4, -0.2) is 57.7 Å². The number of thioether (sulfide) groups is 2. The number of esters is 2. The molecule has 0 heterocycles. The third-order valence-corrected chi connectivity index (χ3v) is 21.0. The van der Waals surface area contributed by atoms with Crippen LogP contribution >= 0.6 is 48.8 Å². The molecule has 10 aliphatic rings. The predicted octanol–water partition coefficient (Wildman–Crippen LogP) is 8.58. The summed E-state index contributed by atoms with van der Waals surface area (Å²) in [5.41, 5.74) is -0.372. The number of carbonyl (C=O) groups excluding carboxylic acids is 2. The SMILES string of the molecule is CC(C)(COC(=O)CCSC1CC2C(C1)C1CC2C2C3CC(S)C(C3)C12)COC(=O)CCSC1CC2CC1C1C3CC(C4CC(S)CC43)C21. The van der Waals surface area contributed by atoms with Gasteiger partial charge in [0.25, 0.3) is 0 Å². The summed E-state index contributed by atoms with van der Waals surface area (Å²) in [7, 11) is 0. The molecule has 10 aliphatic carbocycles. The van der Waals surface area contributed by atoms with Gasteiger partial charge in [-0.05, 0) is 159 Å². The van der Waals surface area contributed by atoms with Crippen LogP contribution in [0.25, 0.3) is 0 Å². The Balaban J connectivity index is 0.609. The lowest BCUT2D eigenvalue weighted by Crippen LogP contribution is -2.39. The van der Waals surface area contributed by atoms with E-state index in [0.29, 0.717) is 36.6 Å². The van der Waals surface area contributed by atoms with Gasteiger partial charge in [-0.3, -0.25) is 9.59 Å². The van der Waals surface area contributed by atoms with Gasteiger partial charge in [0.15, 0.2) is 0 Å². The second kappa shape index (κ2) is 12.7. The molecule has 49 heavy (non-hydrogen) atoms. The first-order valence-electron chi connectivity index (χ1n) is 20.5. The molecule has 0 aromatic carbocycles. The highest BCUT2D eigenvalue weighted by Gasteiger charge is 2.69. The monoisotopic (exact) mass is 744 g/mol. The zero-order valence-electron chi connectivity index (χ0n) is 29.7. The van der Waals surface area contributed by atoms with Crippen molar-refractivity contribution in [3.05, 3.63) is 0 Å². The molecule has 272 valence electrons. The maximum absolute atomic E-state index is 12.7. The second-order valence-electron chi connectivity index (χ2n) is 19.9. The third-order valence-electron chi connectivity index (χ3n) is 17.2. The minimum Gasteiger partial charge on any atom is -0.465 e. The first kappa shape index (κ1) is 33.9. The number of hydrogen-bond acceptors (Lipinski definition) is 8. The van der Waals surface area contributed by atoms with Crippen molar-refractivity contribution >= 4 is 60.7 Å². The summed E-state index contributed by atoms with van der Waals surface area (Å²) in [6, 6.07) is 0. The highest BCUT2D eigenvalue weighted by Crippen LogP contribution is 2.75. The van der Waals surface area contributed by atoms with Crippen molar-refractivity contribution in [1.82, 2.24) is 0 Å². The topological polar surface area (TPSA) is 52.6 Å². The normalized spacial score (nSPS) is 53.3. The first-order chi connectivity index (χ1) is 23.6. The molecule has 20 atom stereocenters. The fourth-order valence-electron chi connectivity index (χ4n) is 16.1. The standard InChI is InChI=1S/C41H60O4S4/c1-41(2,17-44-35(42)3-5-48-22-13-25-26(14-22)30-16-28(25)37-19-7-31(39(30)37)33(47)9-19)18-45-36(43)4-6-49-34-10-20-8-32(34)40-29-15-27(38(20)40)23-11-21(46)12-24(23)29/h19-34,37-40,46-47H,3-18H2,1-2H3. The van der Waals surface area contributed by atoms with E-state index in [0.717, 1.165) is 117 Å². The smallest absolute Gasteiger partial charge is 0.306 e. The summed E-state index contributed by atoms with van der Waals surface area (Å²) in [5.74, 6) is 17.1. The van der Waals surface area contributed by atoms with Crippen LogP contribution in [0.2, 0.25) is 0 Å². The minimum absolute atomic E-state index is 0.102. The highest BCUT2D eigenvalue weighted by atomic mass is 32.2. The van der Waals surface area contributed by atoms with Gasteiger partial charge in [0, 0.05) is 37.9 Å². The fourth-order valence-corrected chi connectivity index (χ4v) is 20.1. The molecule has 0 radical (unpaired) electrons. The molecule has 10 rings (SSSR count). The maximum Gasteiger partial charge on any atom is 0.306 e. The van der Waals surface area contributed by atoms with E-state index in [-0.39, 0.29) is 17.4 Å². The molecule has 0 saturated heterocycles. The number of carbonyl (C=O) groups is 2. The van der Waals surface area contributed by atoms with Crippen molar-refractivity contribution in [1.29, 1.82) is 0 Å². The lowest BCUT2D eigenvalue weighted by Gasteiger charge is -2.43. The molecule has 0 aromatic rings. The molecule has 10 fully saturated rings. The molecular formula is C41H60O4S4. The minimum atomic E-state index is -0.372. The van der Waals surface area contributed by atoms with E-state index in [9.17, 15) is 9.59 Å². The Kier molecular flexibility index (Phi) is 8.78. The largest absolute Gasteiger partial charge is 0.465 e. The number of hydrogen-bond donors (Lipinski definition) is 2. The Labute approximate surface area is 314 Å². The summed E-state index contributed by atoms with van der Waals surface area (Å²) in [4.78, 5) is 25.4. The van der Waals surface area contributed by atoms with Gasteiger partial charge in [0.1, 0.15) is 0 Å². The summed E-state index contributed by atoms with van der Waals surface area (Å²) in [6.45, 7) is 4.68. The molecule has 20 unspecified atom stereocenters. The first-order valence-corrected chi connectivity index (χ1v) is 23.7. The molecule has 10 saturated carbocycles. The average molecular weight is 745 g/mol. The van der Waals surface area contributed by atoms with Gasteiger partial charge in [0.2, 0.25) is 0 Å². The van der Waals surface area contributed by atoms with Gasteiger partial charge in [0.05, 0.1) is 26.1 Å². The van der Waals surface area contributed by atoms with Crippen LogP contribution in [0.3, 0.4) is 0 Å². The van der Waals surface area contributed by atoms with Gasteiger partial charge in [-0.2, -0.15) is 48.8 Å². The van der Waals surface area contributed by atoms with E-state index >= 15 is 0 Å². The Morgan fingerprint density at radius 2 is 1.08 bits per heavy atom. The molecule has 0 N–H and O–H groups in total. The van der Waals surface area contributed by atoms with E-state index in [4.69, 9.17) is 34.7 Å². The number of thiol groups is 2. The van der Waals surface area contributed by atoms with E-state index in [1.165, 1.54) is 64.2 Å². The molecular weight excluding hydrogens is 685 g/mol. The molecule has 0 amide bonds. The molecule has 0 aliphatic heterocycles. The third kappa shape index (κ3) is 5.58. The van der Waals surface area contributed by atoms with Gasteiger partial charge in [-0.25, -0.2) is 0 Å². The highest BCUT2D eigenvalue weighted by molar-refractivity contribution is 8.00. The Morgan fingerprint density at radius 3 is 1.71 bits per heavy atom. The summed E-state index contributed by atoms with van der Waals surface area (Å²) >= 11 is 14.0. The Morgan fingerprint density at radius 1 is 0.571 bits per heavy atom. The van der Waals surface area contributed by atoms with Crippen LogP contribution in [0.15, 0.2) is 0 Å². The van der Waals surface area contributed by atoms with Gasteiger partial charge < -0.3 is 9.47 Å².